The van der Waals surface area contributed by atoms with Crippen LogP contribution in [0.4, 0.5) is 0 Å². The number of hydrogen-bond acceptors (Lipinski definition) is 3. The largest absolute Gasteiger partial charge is 0.479 e. The molecule has 0 heterocycles. The highest BCUT2D eigenvalue weighted by atomic mass is 79.9. The number of carboxylic acids is 1. The fraction of sp³-hybridized carbons (Fsp3) is 0.231. The van der Waals surface area contributed by atoms with Crippen molar-refractivity contribution in [2.75, 3.05) is 6.54 Å². The van der Waals surface area contributed by atoms with Gasteiger partial charge in [-0.2, -0.15) is 0 Å². The summed E-state index contributed by atoms with van der Waals surface area (Å²) < 4.78 is 0.955. The zero-order valence-corrected chi connectivity index (χ0v) is 11.6. The number of halogens is 1. The smallest absolute Gasteiger partial charge is 0.332 e. The van der Waals surface area contributed by atoms with Gasteiger partial charge < -0.3 is 15.5 Å². The Balaban J connectivity index is 2.35. The van der Waals surface area contributed by atoms with Crippen LogP contribution in [0.25, 0.3) is 6.08 Å². The molecule has 1 amide bonds. The van der Waals surface area contributed by atoms with E-state index in [0.717, 1.165) is 10.0 Å². The monoisotopic (exact) mass is 327 g/mol. The van der Waals surface area contributed by atoms with Crippen molar-refractivity contribution in [1.29, 1.82) is 0 Å². The van der Waals surface area contributed by atoms with Gasteiger partial charge in [-0.05, 0) is 23.8 Å². The summed E-state index contributed by atoms with van der Waals surface area (Å²) in [4.78, 5) is 21.7. The van der Waals surface area contributed by atoms with Crippen LogP contribution < -0.4 is 5.32 Å². The summed E-state index contributed by atoms with van der Waals surface area (Å²) in [5.74, 6) is -1.62. The summed E-state index contributed by atoms with van der Waals surface area (Å²) in [5.41, 5.74) is 0.879. The molecule has 5 nitrogen and oxygen atoms in total. The van der Waals surface area contributed by atoms with Gasteiger partial charge in [-0.1, -0.05) is 28.1 Å². The normalized spacial score (nSPS) is 12.3. The van der Waals surface area contributed by atoms with Crippen LogP contribution in [0.15, 0.2) is 34.8 Å². The predicted molar refractivity (Wildman–Crippen MR) is 74.4 cm³/mol. The molecule has 0 saturated heterocycles. The van der Waals surface area contributed by atoms with Crippen molar-refractivity contribution >= 4 is 33.9 Å². The third-order valence-corrected chi connectivity index (χ3v) is 2.83. The van der Waals surface area contributed by atoms with Gasteiger partial charge in [0, 0.05) is 23.5 Å². The van der Waals surface area contributed by atoms with E-state index in [2.05, 4.69) is 21.2 Å². The molecule has 1 atom stereocenters. The second-order valence-corrected chi connectivity index (χ2v) is 4.73. The number of hydrogen-bond donors (Lipinski definition) is 3. The summed E-state index contributed by atoms with van der Waals surface area (Å²) in [6, 6.07) is 7.42. The van der Waals surface area contributed by atoms with Gasteiger partial charge in [0.05, 0.1) is 0 Å². The van der Waals surface area contributed by atoms with Crippen molar-refractivity contribution < 1.29 is 19.8 Å². The number of carboxylic acid groups (broad SMARTS) is 1. The number of aliphatic carboxylic acids is 1. The van der Waals surface area contributed by atoms with Crippen molar-refractivity contribution in [1.82, 2.24) is 5.32 Å². The second kappa shape index (κ2) is 7.70. The second-order valence-electron chi connectivity index (χ2n) is 3.82. The fourth-order valence-electron chi connectivity index (χ4n) is 1.26. The minimum absolute atomic E-state index is 0.0206. The minimum Gasteiger partial charge on any atom is -0.479 e. The van der Waals surface area contributed by atoms with Gasteiger partial charge in [-0.3, -0.25) is 4.79 Å². The lowest BCUT2D eigenvalue weighted by Gasteiger charge is -2.05. The van der Waals surface area contributed by atoms with Crippen molar-refractivity contribution in [3.63, 3.8) is 0 Å². The molecular weight excluding hydrogens is 314 g/mol. The van der Waals surface area contributed by atoms with E-state index in [9.17, 15) is 9.59 Å². The zero-order valence-electron chi connectivity index (χ0n) is 10.0. The average molecular weight is 328 g/mol. The zero-order chi connectivity index (χ0) is 14.3. The van der Waals surface area contributed by atoms with Crippen LogP contribution in [-0.2, 0) is 9.59 Å². The first kappa shape index (κ1) is 15.4. The van der Waals surface area contributed by atoms with Gasteiger partial charge in [-0.25, -0.2) is 4.79 Å². The van der Waals surface area contributed by atoms with Crippen LogP contribution in [0.1, 0.15) is 12.0 Å². The van der Waals surface area contributed by atoms with E-state index in [4.69, 9.17) is 10.2 Å². The highest BCUT2D eigenvalue weighted by Gasteiger charge is 2.12. The highest BCUT2D eigenvalue weighted by Crippen LogP contribution is 2.11. The first-order valence-electron chi connectivity index (χ1n) is 5.61. The molecule has 0 aliphatic heterocycles. The molecule has 0 aromatic heterocycles. The average Bonchev–Trinajstić information content (AvgIpc) is 2.37. The topological polar surface area (TPSA) is 86.6 Å². The third kappa shape index (κ3) is 6.17. The minimum atomic E-state index is -1.45. The Morgan fingerprint density at radius 3 is 2.53 bits per heavy atom. The molecule has 0 unspecified atom stereocenters. The fourth-order valence-corrected chi connectivity index (χ4v) is 1.52. The SMILES string of the molecule is O=C(/C=C/c1ccc(Br)cc1)NCC[C@H](O)C(=O)O. The molecular formula is C13H14BrNO4. The molecule has 0 aliphatic carbocycles. The first-order chi connectivity index (χ1) is 8.99. The molecule has 3 N–H and O–H groups in total. The van der Waals surface area contributed by atoms with Gasteiger partial charge >= 0.3 is 5.97 Å². The lowest BCUT2D eigenvalue weighted by Crippen LogP contribution is -2.28. The number of aliphatic hydroxyl groups is 1. The number of carbonyl (C=O) groups excluding carboxylic acids is 1. The summed E-state index contributed by atoms with van der Waals surface area (Å²) in [6.45, 7) is 0.108. The van der Waals surface area contributed by atoms with E-state index in [1.54, 1.807) is 6.08 Å². The maximum absolute atomic E-state index is 11.4. The maximum Gasteiger partial charge on any atom is 0.332 e. The number of carbonyl (C=O) groups is 2. The summed E-state index contributed by atoms with van der Waals surface area (Å²) in [5, 5.41) is 19.9. The van der Waals surface area contributed by atoms with Crippen molar-refractivity contribution in [2.24, 2.45) is 0 Å². The molecule has 0 fully saturated rings. The summed E-state index contributed by atoms with van der Waals surface area (Å²) in [6.07, 6.45) is 1.54. The molecule has 102 valence electrons. The summed E-state index contributed by atoms with van der Waals surface area (Å²) in [7, 11) is 0. The van der Waals surface area contributed by atoms with E-state index in [1.165, 1.54) is 6.08 Å². The Bertz CT molecular complexity index is 470. The molecule has 1 aromatic carbocycles. The summed E-state index contributed by atoms with van der Waals surface area (Å²) >= 11 is 3.31. The van der Waals surface area contributed by atoms with E-state index in [-0.39, 0.29) is 18.9 Å². The van der Waals surface area contributed by atoms with Crippen LogP contribution in [0.5, 0.6) is 0 Å². The van der Waals surface area contributed by atoms with Crippen molar-refractivity contribution in [2.45, 2.75) is 12.5 Å². The van der Waals surface area contributed by atoms with Gasteiger partial charge in [0.15, 0.2) is 6.10 Å². The van der Waals surface area contributed by atoms with Gasteiger partial charge in [0.2, 0.25) is 5.91 Å². The number of aliphatic hydroxyl groups excluding tert-OH is 1. The van der Waals surface area contributed by atoms with E-state index < -0.39 is 12.1 Å². The number of amides is 1. The van der Waals surface area contributed by atoms with Crippen LogP contribution in [-0.4, -0.2) is 34.7 Å². The molecule has 6 heteroatoms. The Labute approximate surface area is 119 Å². The van der Waals surface area contributed by atoms with Crippen LogP contribution in [0.3, 0.4) is 0 Å². The lowest BCUT2D eigenvalue weighted by atomic mass is 10.2. The quantitative estimate of drug-likeness (QED) is 0.689. The third-order valence-electron chi connectivity index (χ3n) is 2.30. The van der Waals surface area contributed by atoms with Crippen LogP contribution in [0.2, 0.25) is 0 Å². The lowest BCUT2D eigenvalue weighted by molar-refractivity contribution is -0.147. The number of nitrogens with one attached hydrogen (secondary N) is 1. The highest BCUT2D eigenvalue weighted by molar-refractivity contribution is 9.10. The first-order valence-corrected chi connectivity index (χ1v) is 6.40. The predicted octanol–water partition coefficient (Wildman–Crippen LogP) is 1.41. The molecule has 1 aromatic rings. The van der Waals surface area contributed by atoms with Crippen molar-refractivity contribution in [3.05, 3.63) is 40.4 Å². The number of benzene rings is 1. The van der Waals surface area contributed by atoms with E-state index in [1.807, 2.05) is 24.3 Å². The number of rotatable bonds is 6. The Morgan fingerprint density at radius 2 is 1.95 bits per heavy atom. The molecule has 0 radical (unpaired) electrons. The maximum atomic E-state index is 11.4. The molecule has 0 bridgehead atoms. The molecule has 1 rings (SSSR count). The molecule has 0 spiro atoms. The van der Waals surface area contributed by atoms with Crippen LogP contribution in [0, 0.1) is 0 Å². The van der Waals surface area contributed by atoms with Gasteiger partial charge in [0.25, 0.3) is 0 Å². The van der Waals surface area contributed by atoms with Gasteiger partial charge in [-0.15, -0.1) is 0 Å². The van der Waals surface area contributed by atoms with Gasteiger partial charge in [0.1, 0.15) is 0 Å². The Morgan fingerprint density at radius 1 is 1.32 bits per heavy atom. The molecule has 0 aliphatic rings. The molecule has 19 heavy (non-hydrogen) atoms. The van der Waals surface area contributed by atoms with Crippen molar-refractivity contribution in [3.8, 4) is 0 Å². The van der Waals surface area contributed by atoms with E-state index >= 15 is 0 Å². The Hall–Kier alpha value is -1.66. The van der Waals surface area contributed by atoms with E-state index in [0.29, 0.717) is 0 Å². The standard InChI is InChI=1S/C13H14BrNO4/c14-10-4-1-9(2-5-10)3-6-12(17)15-8-7-11(16)13(18)19/h1-6,11,16H,7-8H2,(H,15,17)(H,18,19)/b6-3+/t11-/m0/s1. The molecule has 0 saturated carbocycles. The van der Waals surface area contributed by atoms with Crippen LogP contribution >= 0.6 is 15.9 Å². The Kier molecular flexibility index (Phi) is 6.24.